The lowest BCUT2D eigenvalue weighted by Crippen LogP contribution is -2.46. The zero-order valence-corrected chi connectivity index (χ0v) is 15.9. The number of rotatable bonds is 8. The summed E-state index contributed by atoms with van der Waals surface area (Å²) in [4.78, 5) is 6.04. The molecule has 1 fully saturated rings. The molecule has 0 aromatic heterocycles. The normalized spacial score (nSPS) is 16.3. The van der Waals surface area contributed by atoms with E-state index in [9.17, 15) is 4.39 Å². The minimum atomic E-state index is -0.208. The first kappa shape index (κ1) is 19.5. The molecule has 0 bridgehead atoms. The monoisotopic (exact) mass is 350 g/mol. The van der Waals surface area contributed by atoms with Gasteiger partial charge in [-0.05, 0) is 42.4 Å². The Morgan fingerprint density at radius 1 is 1.32 bits per heavy atom. The van der Waals surface area contributed by atoms with Crippen LogP contribution in [0.25, 0.3) is 0 Å². The van der Waals surface area contributed by atoms with Crippen molar-refractivity contribution in [3.05, 3.63) is 29.6 Å². The summed E-state index contributed by atoms with van der Waals surface area (Å²) in [7, 11) is 7.18. The molecule has 1 aromatic rings. The highest BCUT2D eigenvalue weighted by Gasteiger charge is 2.36. The number of halogens is 1. The molecular weight excluding hydrogens is 319 g/mol. The van der Waals surface area contributed by atoms with E-state index >= 15 is 0 Å². The maximum atomic E-state index is 14.1. The quantitative estimate of drug-likeness (QED) is 0.559. The van der Waals surface area contributed by atoms with Crippen LogP contribution in [0.3, 0.4) is 0 Å². The molecule has 1 aliphatic carbocycles. The van der Waals surface area contributed by atoms with Crippen LogP contribution in [0, 0.1) is 11.2 Å². The highest BCUT2D eigenvalue weighted by Crippen LogP contribution is 2.43. The van der Waals surface area contributed by atoms with E-state index in [0.29, 0.717) is 17.6 Å². The number of methoxy groups -OCH3 is 1. The van der Waals surface area contributed by atoms with Gasteiger partial charge < -0.3 is 20.3 Å². The fourth-order valence-corrected chi connectivity index (χ4v) is 3.21. The zero-order chi connectivity index (χ0) is 18.3. The molecule has 1 aliphatic rings. The summed E-state index contributed by atoms with van der Waals surface area (Å²) in [6, 6.07) is 5.31. The molecule has 1 saturated carbocycles. The second-order valence-corrected chi connectivity index (χ2v) is 7.06. The van der Waals surface area contributed by atoms with E-state index in [4.69, 9.17) is 4.74 Å². The predicted molar refractivity (Wildman–Crippen MR) is 102 cm³/mol. The van der Waals surface area contributed by atoms with Crippen molar-refractivity contribution in [1.29, 1.82) is 0 Å². The molecule has 140 valence electrons. The summed E-state index contributed by atoms with van der Waals surface area (Å²) in [5, 5.41) is 6.68. The summed E-state index contributed by atoms with van der Waals surface area (Å²) in [6.07, 6.45) is 4.83. The van der Waals surface area contributed by atoms with Gasteiger partial charge in [0, 0.05) is 47.9 Å². The zero-order valence-electron chi connectivity index (χ0n) is 15.9. The van der Waals surface area contributed by atoms with Crippen LogP contribution in [0.2, 0.25) is 0 Å². The van der Waals surface area contributed by atoms with Gasteiger partial charge in [-0.3, -0.25) is 4.99 Å². The highest BCUT2D eigenvalue weighted by molar-refractivity contribution is 5.79. The Hall–Kier alpha value is -1.82. The average Bonchev–Trinajstić information content (AvgIpc) is 2.55. The Morgan fingerprint density at radius 2 is 2.08 bits per heavy atom. The SMILES string of the molecule is CN=C(NCc1ccc(N(C)C)c(F)c1)NCC1(CCOC)CCC1. The third-order valence-electron chi connectivity index (χ3n) is 5.06. The molecule has 0 amide bonds. The molecule has 25 heavy (non-hydrogen) atoms. The van der Waals surface area contributed by atoms with Crippen molar-refractivity contribution in [2.45, 2.75) is 32.2 Å². The van der Waals surface area contributed by atoms with Crippen molar-refractivity contribution in [3.63, 3.8) is 0 Å². The molecule has 0 aliphatic heterocycles. The van der Waals surface area contributed by atoms with Crippen LogP contribution in [0.4, 0.5) is 10.1 Å². The van der Waals surface area contributed by atoms with Gasteiger partial charge in [0.25, 0.3) is 0 Å². The second-order valence-electron chi connectivity index (χ2n) is 7.06. The molecule has 0 radical (unpaired) electrons. The number of nitrogens with one attached hydrogen (secondary N) is 2. The van der Waals surface area contributed by atoms with E-state index in [1.54, 1.807) is 31.2 Å². The maximum Gasteiger partial charge on any atom is 0.191 e. The molecule has 5 nitrogen and oxygen atoms in total. The minimum absolute atomic E-state index is 0.208. The minimum Gasteiger partial charge on any atom is -0.385 e. The lowest BCUT2D eigenvalue weighted by molar-refractivity contribution is 0.0732. The van der Waals surface area contributed by atoms with E-state index in [1.807, 2.05) is 20.2 Å². The molecule has 0 spiro atoms. The van der Waals surface area contributed by atoms with E-state index in [1.165, 1.54) is 19.3 Å². The van der Waals surface area contributed by atoms with Gasteiger partial charge in [-0.1, -0.05) is 12.5 Å². The smallest absolute Gasteiger partial charge is 0.191 e. The van der Waals surface area contributed by atoms with Crippen LogP contribution >= 0.6 is 0 Å². The molecule has 0 saturated heterocycles. The molecule has 0 unspecified atom stereocenters. The Labute approximate surface area is 150 Å². The number of guanidine groups is 1. The number of hydrogen-bond acceptors (Lipinski definition) is 3. The fraction of sp³-hybridized carbons (Fsp3) is 0.632. The summed E-state index contributed by atoms with van der Waals surface area (Å²) in [6.45, 7) is 2.23. The third-order valence-corrected chi connectivity index (χ3v) is 5.06. The number of hydrogen-bond donors (Lipinski definition) is 2. The molecule has 0 atom stereocenters. The van der Waals surface area contributed by atoms with Gasteiger partial charge in [-0.15, -0.1) is 0 Å². The summed E-state index contributed by atoms with van der Waals surface area (Å²) in [5.41, 5.74) is 1.81. The van der Waals surface area contributed by atoms with Gasteiger partial charge in [0.2, 0.25) is 0 Å². The van der Waals surface area contributed by atoms with E-state index in [0.717, 1.165) is 31.1 Å². The van der Waals surface area contributed by atoms with Gasteiger partial charge in [-0.25, -0.2) is 4.39 Å². The van der Waals surface area contributed by atoms with E-state index in [2.05, 4.69) is 15.6 Å². The van der Waals surface area contributed by atoms with Crippen molar-refractivity contribution in [2.24, 2.45) is 10.4 Å². The molecular formula is C19H31FN4O. The van der Waals surface area contributed by atoms with Crippen LogP contribution in [-0.2, 0) is 11.3 Å². The van der Waals surface area contributed by atoms with Gasteiger partial charge >= 0.3 is 0 Å². The summed E-state index contributed by atoms with van der Waals surface area (Å²) < 4.78 is 19.3. The van der Waals surface area contributed by atoms with Crippen molar-refractivity contribution < 1.29 is 9.13 Å². The fourth-order valence-electron chi connectivity index (χ4n) is 3.21. The predicted octanol–water partition coefficient (Wildman–Crippen LogP) is 2.76. The topological polar surface area (TPSA) is 48.9 Å². The first-order chi connectivity index (χ1) is 12.0. The van der Waals surface area contributed by atoms with Crippen LogP contribution < -0.4 is 15.5 Å². The Bertz CT molecular complexity index is 585. The number of ether oxygens (including phenoxy) is 1. The number of aliphatic imine (C=N–C) groups is 1. The lowest BCUT2D eigenvalue weighted by atomic mass is 9.67. The first-order valence-corrected chi connectivity index (χ1v) is 8.89. The molecule has 2 rings (SSSR count). The van der Waals surface area contributed by atoms with Crippen molar-refractivity contribution in [3.8, 4) is 0 Å². The van der Waals surface area contributed by atoms with Crippen molar-refractivity contribution in [2.75, 3.05) is 46.3 Å². The van der Waals surface area contributed by atoms with Crippen LogP contribution in [0.15, 0.2) is 23.2 Å². The molecule has 2 N–H and O–H groups in total. The molecule has 0 heterocycles. The van der Waals surface area contributed by atoms with E-state index < -0.39 is 0 Å². The Morgan fingerprint density at radius 3 is 2.60 bits per heavy atom. The highest BCUT2D eigenvalue weighted by atomic mass is 19.1. The van der Waals surface area contributed by atoms with Crippen molar-refractivity contribution in [1.82, 2.24) is 10.6 Å². The maximum absolute atomic E-state index is 14.1. The first-order valence-electron chi connectivity index (χ1n) is 8.89. The Balaban J connectivity index is 1.85. The number of benzene rings is 1. The second kappa shape index (κ2) is 9.04. The van der Waals surface area contributed by atoms with Crippen LogP contribution in [-0.4, -0.2) is 47.4 Å². The summed E-state index contributed by atoms with van der Waals surface area (Å²) in [5.74, 6) is 0.543. The van der Waals surface area contributed by atoms with Gasteiger partial charge in [0.1, 0.15) is 5.82 Å². The van der Waals surface area contributed by atoms with Gasteiger partial charge in [-0.2, -0.15) is 0 Å². The average molecular weight is 350 g/mol. The van der Waals surface area contributed by atoms with Crippen LogP contribution in [0.5, 0.6) is 0 Å². The Kier molecular flexibility index (Phi) is 7.05. The lowest BCUT2D eigenvalue weighted by Gasteiger charge is -2.42. The van der Waals surface area contributed by atoms with E-state index in [-0.39, 0.29) is 5.82 Å². The van der Waals surface area contributed by atoms with Gasteiger partial charge in [0.15, 0.2) is 5.96 Å². The van der Waals surface area contributed by atoms with Gasteiger partial charge in [0.05, 0.1) is 5.69 Å². The summed E-state index contributed by atoms with van der Waals surface area (Å²) >= 11 is 0. The number of nitrogens with zero attached hydrogens (tertiary/aromatic N) is 2. The number of anilines is 1. The largest absolute Gasteiger partial charge is 0.385 e. The van der Waals surface area contributed by atoms with Crippen LogP contribution in [0.1, 0.15) is 31.2 Å². The third kappa shape index (κ3) is 5.33. The molecule has 6 heteroatoms. The molecule has 1 aromatic carbocycles. The standard InChI is InChI=1S/C19H31FN4O/c1-21-18(23-14-19(8-5-9-19)10-11-25-4)22-13-15-6-7-17(24(2)3)16(20)12-15/h6-7,12H,5,8-11,13-14H2,1-4H3,(H2,21,22,23). The van der Waals surface area contributed by atoms with Crippen molar-refractivity contribution >= 4 is 11.6 Å².